The summed E-state index contributed by atoms with van der Waals surface area (Å²) < 4.78 is 16.3. The van der Waals surface area contributed by atoms with Crippen LogP contribution in [0.15, 0.2) is 12.1 Å². The number of fused-ring (bicyclic) bond motifs is 2. The van der Waals surface area contributed by atoms with Crippen LogP contribution in [0.25, 0.3) is 0 Å². The first kappa shape index (κ1) is 16.5. The van der Waals surface area contributed by atoms with Gasteiger partial charge in [-0.1, -0.05) is 0 Å². The highest BCUT2D eigenvalue weighted by Crippen LogP contribution is 2.45. The fourth-order valence-electron chi connectivity index (χ4n) is 4.53. The molecule has 2 atom stereocenters. The molecule has 0 radical (unpaired) electrons. The molecular weight excluding hydrogens is 324 g/mol. The molecule has 0 unspecified atom stereocenters. The molecule has 1 aromatic carbocycles. The van der Waals surface area contributed by atoms with Crippen LogP contribution in [-0.4, -0.2) is 68.0 Å². The molecular formula is C18H24N2O5. The molecule has 0 bridgehead atoms. The van der Waals surface area contributed by atoms with Gasteiger partial charge in [-0.15, -0.1) is 0 Å². The second-order valence-electron chi connectivity index (χ2n) is 7.39. The molecule has 3 heterocycles. The Morgan fingerprint density at radius 2 is 2.24 bits per heavy atom. The van der Waals surface area contributed by atoms with Crippen LogP contribution in [0.2, 0.25) is 0 Å². The minimum Gasteiger partial charge on any atom is -0.493 e. The monoisotopic (exact) mass is 348 g/mol. The Balaban J connectivity index is 1.56. The Kier molecular flexibility index (Phi) is 4.00. The molecule has 3 aliphatic heterocycles. The Hall–Kier alpha value is -1.99. The molecule has 4 rings (SSSR count). The van der Waals surface area contributed by atoms with Crippen LogP contribution in [0.4, 0.5) is 0 Å². The molecule has 1 aromatic rings. The van der Waals surface area contributed by atoms with E-state index in [0.29, 0.717) is 36.9 Å². The van der Waals surface area contributed by atoms with Gasteiger partial charge in [0, 0.05) is 26.2 Å². The quantitative estimate of drug-likeness (QED) is 0.878. The lowest BCUT2D eigenvalue weighted by Gasteiger charge is -2.39. The summed E-state index contributed by atoms with van der Waals surface area (Å²) in [5, 5.41) is 9.90. The lowest BCUT2D eigenvalue weighted by molar-refractivity contribution is -0.153. The third-order valence-electron chi connectivity index (χ3n) is 5.73. The average Bonchev–Trinajstić information content (AvgIpc) is 3.18. The van der Waals surface area contributed by atoms with E-state index in [0.717, 1.165) is 25.1 Å². The van der Waals surface area contributed by atoms with Gasteiger partial charge in [0.25, 0.3) is 0 Å². The van der Waals surface area contributed by atoms with E-state index in [2.05, 4.69) is 9.80 Å². The summed E-state index contributed by atoms with van der Waals surface area (Å²) in [6.45, 7) is 3.86. The topological polar surface area (TPSA) is 71.5 Å². The summed E-state index contributed by atoms with van der Waals surface area (Å²) in [4.78, 5) is 16.4. The molecule has 136 valence electrons. The van der Waals surface area contributed by atoms with Crippen molar-refractivity contribution in [2.75, 3.05) is 47.1 Å². The van der Waals surface area contributed by atoms with Crippen LogP contribution in [0.3, 0.4) is 0 Å². The number of benzene rings is 1. The predicted molar refractivity (Wildman–Crippen MR) is 90.1 cm³/mol. The number of likely N-dealkylation sites (tertiary alicyclic amines) is 2. The maximum absolute atomic E-state index is 12.0. The third-order valence-corrected chi connectivity index (χ3v) is 5.73. The van der Waals surface area contributed by atoms with Gasteiger partial charge in [-0.2, -0.15) is 0 Å². The lowest BCUT2D eigenvalue weighted by Crippen LogP contribution is -2.52. The fourth-order valence-corrected chi connectivity index (χ4v) is 4.53. The number of nitrogens with zero attached hydrogens (tertiary/aromatic N) is 2. The van der Waals surface area contributed by atoms with Gasteiger partial charge >= 0.3 is 5.97 Å². The van der Waals surface area contributed by atoms with Gasteiger partial charge < -0.3 is 24.2 Å². The van der Waals surface area contributed by atoms with Crippen molar-refractivity contribution in [3.05, 3.63) is 17.7 Å². The molecule has 7 nitrogen and oxygen atoms in total. The molecule has 0 saturated carbocycles. The van der Waals surface area contributed by atoms with Crippen molar-refractivity contribution < 1.29 is 24.1 Å². The van der Waals surface area contributed by atoms with E-state index in [1.165, 1.54) is 0 Å². The van der Waals surface area contributed by atoms with E-state index in [-0.39, 0.29) is 12.7 Å². The molecule has 0 aromatic heterocycles. The van der Waals surface area contributed by atoms with Crippen molar-refractivity contribution in [1.29, 1.82) is 0 Å². The summed E-state index contributed by atoms with van der Waals surface area (Å²) in [5.74, 6) is 1.53. The van der Waals surface area contributed by atoms with E-state index in [4.69, 9.17) is 14.2 Å². The minimum atomic E-state index is -0.671. The predicted octanol–water partition coefficient (Wildman–Crippen LogP) is 1.26. The highest BCUT2D eigenvalue weighted by Gasteiger charge is 2.54. The number of piperidine rings is 1. The molecule has 0 spiro atoms. The van der Waals surface area contributed by atoms with Crippen LogP contribution in [0.5, 0.6) is 17.2 Å². The van der Waals surface area contributed by atoms with Crippen molar-refractivity contribution in [2.45, 2.75) is 13.0 Å². The minimum absolute atomic E-state index is 0.204. The summed E-state index contributed by atoms with van der Waals surface area (Å²) >= 11 is 0. The maximum atomic E-state index is 12.0. The largest absolute Gasteiger partial charge is 0.493 e. The number of carboxylic acids is 1. The zero-order valence-corrected chi connectivity index (χ0v) is 14.7. The van der Waals surface area contributed by atoms with Gasteiger partial charge in [-0.05, 0) is 43.6 Å². The van der Waals surface area contributed by atoms with Crippen LogP contribution < -0.4 is 14.2 Å². The van der Waals surface area contributed by atoms with E-state index >= 15 is 0 Å². The Morgan fingerprint density at radius 1 is 1.40 bits per heavy atom. The number of aliphatic carboxylic acids is 1. The second-order valence-corrected chi connectivity index (χ2v) is 7.39. The van der Waals surface area contributed by atoms with E-state index in [1.54, 1.807) is 7.11 Å². The Morgan fingerprint density at radius 3 is 3.00 bits per heavy atom. The van der Waals surface area contributed by atoms with Crippen LogP contribution in [-0.2, 0) is 11.3 Å². The third kappa shape index (κ3) is 2.71. The number of methoxy groups -OCH3 is 1. The number of hydrogen-bond acceptors (Lipinski definition) is 6. The first-order valence-corrected chi connectivity index (χ1v) is 8.62. The van der Waals surface area contributed by atoms with Crippen LogP contribution in [0.1, 0.15) is 12.0 Å². The molecule has 3 aliphatic rings. The van der Waals surface area contributed by atoms with Crippen molar-refractivity contribution in [3.8, 4) is 17.2 Å². The summed E-state index contributed by atoms with van der Waals surface area (Å²) in [7, 11) is 3.62. The van der Waals surface area contributed by atoms with E-state index < -0.39 is 11.4 Å². The first-order valence-electron chi connectivity index (χ1n) is 8.62. The van der Waals surface area contributed by atoms with Gasteiger partial charge in [0.2, 0.25) is 12.5 Å². The number of hydrogen-bond donors (Lipinski definition) is 1. The van der Waals surface area contributed by atoms with Crippen molar-refractivity contribution in [2.24, 2.45) is 11.3 Å². The van der Waals surface area contributed by atoms with Gasteiger partial charge in [0.15, 0.2) is 11.5 Å². The molecule has 1 N–H and O–H groups in total. The van der Waals surface area contributed by atoms with Crippen molar-refractivity contribution in [3.63, 3.8) is 0 Å². The molecule has 25 heavy (non-hydrogen) atoms. The van der Waals surface area contributed by atoms with Crippen LogP contribution in [0, 0.1) is 11.3 Å². The normalized spacial score (nSPS) is 28.8. The second kappa shape index (κ2) is 6.07. The van der Waals surface area contributed by atoms with Gasteiger partial charge in [0.05, 0.1) is 12.5 Å². The standard InChI is InChI=1S/C18H24N2O5/c1-19-4-3-13-8-20(10-18(13,9-19)17(21)22)7-12-5-14(23-2)16-15(6-12)24-11-25-16/h5-6,13H,3-4,7-11H2,1-2H3,(H,21,22)/t13-,18-/m1/s1. The van der Waals surface area contributed by atoms with Gasteiger partial charge in [-0.25, -0.2) is 0 Å². The summed E-state index contributed by atoms with van der Waals surface area (Å²) in [6.07, 6.45) is 0.934. The summed E-state index contributed by atoms with van der Waals surface area (Å²) in [5.41, 5.74) is 0.390. The van der Waals surface area contributed by atoms with Gasteiger partial charge in [-0.3, -0.25) is 9.69 Å². The zero-order chi connectivity index (χ0) is 17.6. The lowest BCUT2D eigenvalue weighted by atomic mass is 9.73. The van der Waals surface area contributed by atoms with E-state index in [1.807, 2.05) is 19.2 Å². The number of carboxylic acid groups (broad SMARTS) is 1. The highest BCUT2D eigenvalue weighted by atomic mass is 16.7. The maximum Gasteiger partial charge on any atom is 0.312 e. The average molecular weight is 348 g/mol. The smallest absolute Gasteiger partial charge is 0.312 e. The Labute approximate surface area is 147 Å². The molecule has 7 heteroatoms. The van der Waals surface area contributed by atoms with E-state index in [9.17, 15) is 9.90 Å². The number of rotatable bonds is 4. The molecule has 2 saturated heterocycles. The molecule has 0 amide bonds. The van der Waals surface area contributed by atoms with Crippen molar-refractivity contribution >= 4 is 5.97 Å². The zero-order valence-electron chi connectivity index (χ0n) is 14.7. The number of carbonyl (C=O) groups is 1. The SMILES string of the molecule is COc1cc(CN2C[C@H]3CCN(C)C[C@@]3(C(=O)O)C2)cc2c1OCO2. The molecule has 0 aliphatic carbocycles. The van der Waals surface area contributed by atoms with Crippen molar-refractivity contribution in [1.82, 2.24) is 9.80 Å². The highest BCUT2D eigenvalue weighted by molar-refractivity contribution is 5.76. The first-order chi connectivity index (χ1) is 12.0. The Bertz CT molecular complexity index is 694. The van der Waals surface area contributed by atoms with Gasteiger partial charge in [0.1, 0.15) is 0 Å². The fraction of sp³-hybridized carbons (Fsp3) is 0.611. The molecule has 2 fully saturated rings. The number of ether oxygens (including phenoxy) is 3. The summed E-state index contributed by atoms with van der Waals surface area (Å²) in [6, 6.07) is 3.92. The van der Waals surface area contributed by atoms with Crippen LogP contribution >= 0.6 is 0 Å².